The van der Waals surface area contributed by atoms with Gasteiger partial charge in [-0.2, -0.15) is 0 Å². The van der Waals surface area contributed by atoms with Crippen molar-refractivity contribution in [3.8, 4) is 0 Å². The van der Waals surface area contributed by atoms with Gasteiger partial charge in [0.25, 0.3) is 0 Å². The number of nitrogens with zero attached hydrogens (tertiary/aromatic N) is 1. The van der Waals surface area contributed by atoms with Gasteiger partial charge < -0.3 is 14.8 Å². The van der Waals surface area contributed by atoms with Crippen LogP contribution in [-0.2, 0) is 9.47 Å². The molecule has 0 amide bonds. The first-order valence-corrected chi connectivity index (χ1v) is 6.21. The molecule has 1 aliphatic rings. The number of methoxy groups -OCH3 is 1. The van der Waals surface area contributed by atoms with Crippen molar-refractivity contribution >= 4 is 0 Å². The molecule has 16 heavy (non-hydrogen) atoms. The van der Waals surface area contributed by atoms with Gasteiger partial charge in [-0.1, -0.05) is 0 Å². The molecular weight excluding hydrogens is 204 g/mol. The Labute approximate surface area is 99.3 Å². The van der Waals surface area contributed by atoms with E-state index in [1.807, 2.05) is 0 Å². The fraction of sp³-hybridized carbons (Fsp3) is 1.00. The van der Waals surface area contributed by atoms with Gasteiger partial charge in [-0.15, -0.1) is 0 Å². The van der Waals surface area contributed by atoms with Crippen LogP contribution in [0.1, 0.15) is 20.8 Å². The minimum absolute atomic E-state index is 0.315. The summed E-state index contributed by atoms with van der Waals surface area (Å²) in [6, 6.07) is 1.01. The molecule has 4 nitrogen and oxygen atoms in total. The Hall–Kier alpha value is -0.160. The molecule has 1 rings (SSSR count). The molecule has 1 fully saturated rings. The van der Waals surface area contributed by atoms with Crippen LogP contribution >= 0.6 is 0 Å². The van der Waals surface area contributed by atoms with Gasteiger partial charge >= 0.3 is 0 Å². The lowest BCUT2D eigenvalue weighted by Gasteiger charge is -2.36. The lowest BCUT2D eigenvalue weighted by Crippen LogP contribution is -2.50. The summed E-state index contributed by atoms with van der Waals surface area (Å²) in [4.78, 5) is 2.47. The zero-order chi connectivity index (χ0) is 12.0. The van der Waals surface area contributed by atoms with Crippen molar-refractivity contribution in [1.29, 1.82) is 0 Å². The van der Waals surface area contributed by atoms with Gasteiger partial charge in [0.05, 0.1) is 19.3 Å². The first-order valence-electron chi connectivity index (χ1n) is 6.21. The van der Waals surface area contributed by atoms with Crippen LogP contribution in [0.3, 0.4) is 0 Å². The molecule has 0 aromatic heterocycles. The summed E-state index contributed by atoms with van der Waals surface area (Å²) in [6.45, 7) is 11.2. The van der Waals surface area contributed by atoms with Crippen LogP contribution < -0.4 is 5.32 Å². The van der Waals surface area contributed by atoms with Gasteiger partial charge in [0.1, 0.15) is 0 Å². The van der Waals surface area contributed by atoms with Crippen molar-refractivity contribution in [2.75, 3.05) is 40.0 Å². The second-order valence-electron chi connectivity index (χ2n) is 4.85. The Balaban J connectivity index is 2.21. The van der Waals surface area contributed by atoms with E-state index < -0.39 is 0 Å². The normalized spacial score (nSPS) is 24.9. The van der Waals surface area contributed by atoms with Gasteiger partial charge in [-0.05, 0) is 20.8 Å². The van der Waals surface area contributed by atoms with E-state index in [0.29, 0.717) is 18.2 Å². The zero-order valence-corrected chi connectivity index (χ0v) is 11.0. The smallest absolute Gasteiger partial charge is 0.0826 e. The van der Waals surface area contributed by atoms with Crippen molar-refractivity contribution in [1.82, 2.24) is 10.2 Å². The van der Waals surface area contributed by atoms with Crippen LogP contribution in [0.15, 0.2) is 0 Å². The zero-order valence-electron chi connectivity index (χ0n) is 11.0. The molecule has 4 heteroatoms. The molecular formula is C12H26N2O2. The number of hydrogen-bond donors (Lipinski definition) is 1. The van der Waals surface area contributed by atoms with Crippen LogP contribution in [-0.4, -0.2) is 63.0 Å². The number of hydrogen-bond acceptors (Lipinski definition) is 4. The number of morpholine rings is 1. The topological polar surface area (TPSA) is 33.7 Å². The fourth-order valence-electron chi connectivity index (χ4n) is 1.98. The monoisotopic (exact) mass is 230 g/mol. The van der Waals surface area contributed by atoms with Crippen LogP contribution in [0, 0.1) is 0 Å². The van der Waals surface area contributed by atoms with Crippen molar-refractivity contribution in [2.45, 2.75) is 39.0 Å². The second-order valence-corrected chi connectivity index (χ2v) is 4.85. The van der Waals surface area contributed by atoms with Gasteiger partial charge in [0.15, 0.2) is 0 Å². The Morgan fingerprint density at radius 3 is 2.81 bits per heavy atom. The molecule has 0 aromatic rings. The highest BCUT2D eigenvalue weighted by atomic mass is 16.5. The summed E-state index contributed by atoms with van der Waals surface area (Å²) in [5, 5.41) is 3.44. The Morgan fingerprint density at radius 2 is 2.19 bits per heavy atom. The molecule has 0 spiro atoms. The van der Waals surface area contributed by atoms with Crippen LogP contribution in [0.4, 0.5) is 0 Å². The third kappa shape index (κ3) is 4.78. The van der Waals surface area contributed by atoms with Crippen LogP contribution in [0.2, 0.25) is 0 Å². The summed E-state index contributed by atoms with van der Waals surface area (Å²) < 4.78 is 10.8. The quantitative estimate of drug-likeness (QED) is 0.729. The lowest BCUT2D eigenvalue weighted by molar-refractivity contribution is -0.0386. The Bertz CT molecular complexity index is 188. The van der Waals surface area contributed by atoms with Gasteiger partial charge in [0.2, 0.25) is 0 Å². The predicted octanol–water partition coefficient (Wildman–Crippen LogP) is 0.720. The first-order chi connectivity index (χ1) is 7.63. The second kappa shape index (κ2) is 7.22. The highest BCUT2D eigenvalue weighted by Gasteiger charge is 2.22. The average molecular weight is 230 g/mol. The minimum atomic E-state index is 0.315. The molecule has 0 saturated carbocycles. The van der Waals surface area contributed by atoms with E-state index in [2.05, 4.69) is 31.0 Å². The van der Waals surface area contributed by atoms with E-state index in [1.54, 1.807) is 7.11 Å². The maximum atomic E-state index is 5.74. The molecule has 0 radical (unpaired) electrons. The SMILES string of the molecule is COCC(C)NCC1CN(C(C)C)CCO1. The molecule has 2 atom stereocenters. The molecule has 0 aromatic carbocycles. The standard InChI is InChI=1S/C12H26N2O2/c1-10(2)14-5-6-16-12(8-14)7-13-11(3)9-15-4/h10-13H,5-9H2,1-4H3. The summed E-state index contributed by atoms with van der Waals surface area (Å²) in [7, 11) is 1.73. The fourth-order valence-corrected chi connectivity index (χ4v) is 1.98. The first kappa shape index (κ1) is 13.9. The molecule has 2 unspecified atom stereocenters. The summed E-state index contributed by atoms with van der Waals surface area (Å²) in [5.41, 5.74) is 0. The highest BCUT2D eigenvalue weighted by Crippen LogP contribution is 2.08. The molecule has 96 valence electrons. The van der Waals surface area contributed by atoms with Crippen molar-refractivity contribution in [3.63, 3.8) is 0 Å². The van der Waals surface area contributed by atoms with E-state index in [-0.39, 0.29) is 0 Å². The lowest BCUT2D eigenvalue weighted by atomic mass is 10.2. The molecule has 0 bridgehead atoms. The van der Waals surface area contributed by atoms with Crippen LogP contribution in [0.5, 0.6) is 0 Å². The highest BCUT2D eigenvalue weighted by molar-refractivity contribution is 4.76. The molecule has 1 N–H and O–H groups in total. The molecule has 1 heterocycles. The summed E-state index contributed by atoms with van der Waals surface area (Å²) >= 11 is 0. The van der Waals surface area contributed by atoms with E-state index >= 15 is 0 Å². The van der Waals surface area contributed by atoms with Crippen molar-refractivity contribution in [3.05, 3.63) is 0 Å². The molecule has 0 aliphatic carbocycles. The van der Waals surface area contributed by atoms with Gasteiger partial charge in [-0.3, -0.25) is 4.90 Å². The Morgan fingerprint density at radius 1 is 1.44 bits per heavy atom. The summed E-state index contributed by atoms with van der Waals surface area (Å²) in [6.07, 6.45) is 0.315. The van der Waals surface area contributed by atoms with E-state index in [9.17, 15) is 0 Å². The maximum absolute atomic E-state index is 5.74. The summed E-state index contributed by atoms with van der Waals surface area (Å²) in [5.74, 6) is 0. The van der Waals surface area contributed by atoms with Crippen molar-refractivity contribution in [2.24, 2.45) is 0 Å². The van der Waals surface area contributed by atoms with E-state index in [1.165, 1.54) is 0 Å². The minimum Gasteiger partial charge on any atom is -0.383 e. The molecule has 1 saturated heterocycles. The number of rotatable bonds is 6. The Kier molecular flexibility index (Phi) is 6.28. The molecule has 1 aliphatic heterocycles. The van der Waals surface area contributed by atoms with Gasteiger partial charge in [0, 0.05) is 38.8 Å². The maximum Gasteiger partial charge on any atom is 0.0826 e. The largest absolute Gasteiger partial charge is 0.383 e. The number of nitrogens with one attached hydrogen (secondary N) is 1. The third-order valence-corrected chi connectivity index (χ3v) is 3.01. The van der Waals surface area contributed by atoms with E-state index in [4.69, 9.17) is 9.47 Å². The predicted molar refractivity (Wildman–Crippen MR) is 65.8 cm³/mol. The third-order valence-electron chi connectivity index (χ3n) is 3.01. The van der Waals surface area contributed by atoms with E-state index in [0.717, 1.165) is 32.8 Å². The van der Waals surface area contributed by atoms with Crippen LogP contribution in [0.25, 0.3) is 0 Å². The average Bonchev–Trinajstić information content (AvgIpc) is 2.27. The number of ether oxygens (including phenoxy) is 2. The van der Waals surface area contributed by atoms with Gasteiger partial charge in [-0.25, -0.2) is 0 Å². The van der Waals surface area contributed by atoms with Crippen molar-refractivity contribution < 1.29 is 9.47 Å².